The number of carbonyl (C=O) groups is 2. The third-order valence-electron chi connectivity index (χ3n) is 2.00. The lowest BCUT2D eigenvalue weighted by Gasteiger charge is -2.07. The lowest BCUT2D eigenvalue weighted by molar-refractivity contribution is -0.119. The van der Waals surface area contributed by atoms with Gasteiger partial charge in [-0.15, -0.1) is 0 Å². The van der Waals surface area contributed by atoms with Crippen molar-refractivity contribution in [3.05, 3.63) is 23.7 Å². The normalized spacial score (nSPS) is 12.4. The standard InChI is InChI=1S/C11H15NO5S/c1-7(2)12-9(13)6-18(16)5-8-3-4-17-10(8)11(14)15/h3-4,7H,5-6H2,1-2H3,(H,12,13)(H,14,15). The second kappa shape index (κ2) is 6.34. The first kappa shape index (κ1) is 14.4. The number of rotatable bonds is 6. The van der Waals surface area contributed by atoms with Crippen LogP contribution >= 0.6 is 0 Å². The number of carboxylic acid groups (broad SMARTS) is 1. The first-order chi connectivity index (χ1) is 8.40. The van der Waals surface area contributed by atoms with E-state index in [2.05, 4.69) is 5.32 Å². The molecule has 1 aromatic heterocycles. The van der Waals surface area contributed by atoms with Gasteiger partial charge in [-0.1, -0.05) is 0 Å². The summed E-state index contributed by atoms with van der Waals surface area (Å²) in [5, 5.41) is 11.4. The van der Waals surface area contributed by atoms with Crippen LogP contribution in [0.25, 0.3) is 0 Å². The molecule has 7 heteroatoms. The van der Waals surface area contributed by atoms with Crippen LogP contribution in [0.2, 0.25) is 0 Å². The van der Waals surface area contributed by atoms with Crippen molar-refractivity contribution in [3.8, 4) is 0 Å². The van der Waals surface area contributed by atoms with E-state index in [1.807, 2.05) is 0 Å². The van der Waals surface area contributed by atoms with Crippen LogP contribution < -0.4 is 5.32 Å². The molecule has 1 heterocycles. The highest BCUT2D eigenvalue weighted by molar-refractivity contribution is 7.84. The zero-order chi connectivity index (χ0) is 13.7. The number of hydrogen-bond donors (Lipinski definition) is 2. The van der Waals surface area contributed by atoms with Crippen molar-refractivity contribution in [1.82, 2.24) is 5.32 Å². The highest BCUT2D eigenvalue weighted by Crippen LogP contribution is 2.12. The third-order valence-corrected chi connectivity index (χ3v) is 3.22. The fourth-order valence-corrected chi connectivity index (χ4v) is 2.42. The predicted octanol–water partition coefficient (Wildman–Crippen LogP) is 0.751. The molecule has 0 spiro atoms. The van der Waals surface area contributed by atoms with Crippen LogP contribution in [-0.2, 0) is 21.3 Å². The summed E-state index contributed by atoms with van der Waals surface area (Å²) >= 11 is 0. The highest BCUT2D eigenvalue weighted by atomic mass is 32.2. The predicted molar refractivity (Wildman–Crippen MR) is 65.7 cm³/mol. The van der Waals surface area contributed by atoms with Gasteiger partial charge in [0.25, 0.3) is 0 Å². The van der Waals surface area contributed by atoms with Gasteiger partial charge in [-0.2, -0.15) is 0 Å². The molecule has 18 heavy (non-hydrogen) atoms. The van der Waals surface area contributed by atoms with E-state index >= 15 is 0 Å². The molecule has 0 aromatic carbocycles. The minimum atomic E-state index is -1.46. The molecule has 0 fully saturated rings. The summed E-state index contributed by atoms with van der Waals surface area (Å²) in [6.45, 7) is 3.61. The SMILES string of the molecule is CC(C)NC(=O)CS(=O)Cc1ccoc1C(=O)O. The van der Waals surface area contributed by atoms with Gasteiger partial charge >= 0.3 is 5.97 Å². The molecule has 1 amide bonds. The van der Waals surface area contributed by atoms with Crippen molar-refractivity contribution in [3.63, 3.8) is 0 Å². The summed E-state index contributed by atoms with van der Waals surface area (Å²) in [5.74, 6) is -1.92. The monoisotopic (exact) mass is 273 g/mol. The van der Waals surface area contributed by atoms with Crippen molar-refractivity contribution < 1.29 is 23.3 Å². The Hall–Kier alpha value is -1.63. The second-order valence-electron chi connectivity index (χ2n) is 4.03. The van der Waals surface area contributed by atoms with Gasteiger partial charge in [0.15, 0.2) is 0 Å². The van der Waals surface area contributed by atoms with Gasteiger partial charge in [-0.25, -0.2) is 4.79 Å². The quantitative estimate of drug-likeness (QED) is 0.797. The lowest BCUT2D eigenvalue weighted by atomic mass is 10.3. The van der Waals surface area contributed by atoms with Crippen molar-refractivity contribution in [2.75, 3.05) is 5.75 Å². The Morgan fingerprint density at radius 2 is 2.17 bits per heavy atom. The summed E-state index contributed by atoms with van der Waals surface area (Å²) < 4.78 is 16.5. The Bertz CT molecular complexity index is 466. The van der Waals surface area contributed by atoms with Gasteiger partial charge in [0, 0.05) is 22.4 Å². The molecular formula is C11H15NO5S. The summed E-state index contributed by atoms with van der Waals surface area (Å²) in [7, 11) is -1.46. The average molecular weight is 273 g/mol. The molecule has 100 valence electrons. The van der Waals surface area contributed by atoms with Crippen molar-refractivity contribution in [1.29, 1.82) is 0 Å². The van der Waals surface area contributed by atoms with Gasteiger partial charge < -0.3 is 14.8 Å². The molecule has 2 N–H and O–H groups in total. The molecule has 0 radical (unpaired) electrons. The summed E-state index contributed by atoms with van der Waals surface area (Å²) in [4.78, 5) is 22.1. The Balaban J connectivity index is 2.57. The fourth-order valence-electron chi connectivity index (χ4n) is 1.37. The van der Waals surface area contributed by atoms with Crippen LogP contribution in [0.4, 0.5) is 0 Å². The summed E-state index contributed by atoms with van der Waals surface area (Å²) in [5.41, 5.74) is 0.332. The van der Waals surface area contributed by atoms with Crippen LogP contribution in [0, 0.1) is 0 Å². The van der Waals surface area contributed by atoms with E-state index in [1.165, 1.54) is 12.3 Å². The van der Waals surface area contributed by atoms with Gasteiger partial charge in [-0.3, -0.25) is 9.00 Å². The van der Waals surface area contributed by atoms with E-state index in [1.54, 1.807) is 13.8 Å². The smallest absolute Gasteiger partial charge is 0.372 e. The number of hydrogen-bond acceptors (Lipinski definition) is 4. The Morgan fingerprint density at radius 3 is 2.72 bits per heavy atom. The Labute approximate surface area is 107 Å². The molecule has 0 saturated carbocycles. The van der Waals surface area contributed by atoms with Crippen LogP contribution in [-0.4, -0.2) is 33.0 Å². The number of furan rings is 1. The molecule has 0 aliphatic rings. The van der Waals surface area contributed by atoms with Crippen LogP contribution in [0.1, 0.15) is 30.0 Å². The van der Waals surface area contributed by atoms with E-state index in [0.717, 1.165) is 0 Å². The van der Waals surface area contributed by atoms with Crippen LogP contribution in [0.15, 0.2) is 16.7 Å². The number of amides is 1. The largest absolute Gasteiger partial charge is 0.475 e. The first-order valence-corrected chi connectivity index (χ1v) is 6.83. The lowest BCUT2D eigenvalue weighted by Crippen LogP contribution is -2.34. The third kappa shape index (κ3) is 4.33. The number of aromatic carboxylic acids is 1. The molecule has 0 saturated heterocycles. The first-order valence-electron chi connectivity index (χ1n) is 5.34. The van der Waals surface area contributed by atoms with Gasteiger partial charge in [0.1, 0.15) is 5.75 Å². The van der Waals surface area contributed by atoms with Crippen LogP contribution in [0.5, 0.6) is 0 Å². The van der Waals surface area contributed by atoms with Crippen molar-refractivity contribution in [2.45, 2.75) is 25.6 Å². The van der Waals surface area contributed by atoms with Gasteiger partial charge in [0.05, 0.1) is 12.0 Å². The van der Waals surface area contributed by atoms with Crippen molar-refractivity contribution >= 4 is 22.7 Å². The highest BCUT2D eigenvalue weighted by Gasteiger charge is 2.17. The molecule has 0 bridgehead atoms. The maximum atomic E-state index is 11.7. The van der Waals surface area contributed by atoms with Crippen LogP contribution in [0.3, 0.4) is 0 Å². The molecule has 0 aliphatic carbocycles. The minimum Gasteiger partial charge on any atom is -0.475 e. The van der Waals surface area contributed by atoms with Gasteiger partial charge in [0.2, 0.25) is 11.7 Å². The summed E-state index contributed by atoms with van der Waals surface area (Å²) in [6, 6.07) is 1.43. The molecule has 1 unspecified atom stereocenters. The maximum absolute atomic E-state index is 11.7. The zero-order valence-corrected chi connectivity index (χ0v) is 11.0. The van der Waals surface area contributed by atoms with E-state index in [4.69, 9.17) is 9.52 Å². The number of nitrogens with one attached hydrogen (secondary N) is 1. The Kier molecular flexibility index (Phi) is 5.08. The zero-order valence-electron chi connectivity index (χ0n) is 10.1. The van der Waals surface area contributed by atoms with E-state index in [9.17, 15) is 13.8 Å². The number of carbonyl (C=O) groups excluding carboxylic acids is 1. The Morgan fingerprint density at radius 1 is 1.50 bits per heavy atom. The second-order valence-corrected chi connectivity index (χ2v) is 5.49. The minimum absolute atomic E-state index is 0.0103. The van der Waals surface area contributed by atoms with E-state index in [0.29, 0.717) is 5.56 Å². The molecule has 1 atom stereocenters. The molecule has 0 aliphatic heterocycles. The topological polar surface area (TPSA) is 96.6 Å². The van der Waals surface area contributed by atoms with E-state index in [-0.39, 0.29) is 29.2 Å². The van der Waals surface area contributed by atoms with Gasteiger partial charge in [-0.05, 0) is 19.9 Å². The molecule has 1 aromatic rings. The van der Waals surface area contributed by atoms with E-state index < -0.39 is 16.8 Å². The fraction of sp³-hybridized carbons (Fsp3) is 0.455. The number of carboxylic acids is 1. The molecule has 6 nitrogen and oxygen atoms in total. The summed E-state index contributed by atoms with van der Waals surface area (Å²) in [6.07, 6.45) is 1.23. The maximum Gasteiger partial charge on any atom is 0.372 e. The molecular weight excluding hydrogens is 258 g/mol. The van der Waals surface area contributed by atoms with Crippen molar-refractivity contribution in [2.24, 2.45) is 0 Å². The molecule has 1 rings (SSSR count). The average Bonchev–Trinajstić information content (AvgIpc) is 2.63.